The quantitative estimate of drug-likeness (QED) is 0.752. The molecule has 0 saturated carbocycles. The van der Waals surface area contributed by atoms with Crippen molar-refractivity contribution in [2.75, 3.05) is 21.3 Å². The molecule has 17 heavy (non-hydrogen) atoms. The summed E-state index contributed by atoms with van der Waals surface area (Å²) in [4.78, 5) is 0. The normalized spacial score (nSPS) is 9.12. The number of benzene rings is 1. The molecule has 0 aromatic heterocycles. The van der Waals surface area contributed by atoms with Crippen molar-refractivity contribution in [1.82, 2.24) is 0 Å². The zero-order chi connectivity index (χ0) is 12.8. The Morgan fingerprint density at radius 3 is 1.94 bits per heavy atom. The van der Waals surface area contributed by atoms with Gasteiger partial charge in [-0.3, -0.25) is 0 Å². The molecule has 6 heteroatoms. The van der Waals surface area contributed by atoms with Crippen LogP contribution in [0.1, 0.15) is 5.56 Å². The van der Waals surface area contributed by atoms with Crippen molar-refractivity contribution < 1.29 is 22.6 Å². The summed E-state index contributed by atoms with van der Waals surface area (Å²) < 4.78 is 36.1. The van der Waals surface area contributed by atoms with E-state index < -0.39 is 10.3 Å². The second-order valence-corrected chi connectivity index (χ2v) is 3.66. The molecule has 0 unspecified atom stereocenters. The van der Waals surface area contributed by atoms with Gasteiger partial charge in [0.1, 0.15) is 0 Å². The van der Waals surface area contributed by atoms with Crippen LogP contribution in [0.5, 0.6) is 17.2 Å². The fraction of sp³-hybridized carbons (Fsp3) is 0.273. The second kappa shape index (κ2) is 5.98. The third kappa shape index (κ3) is 3.27. The lowest BCUT2D eigenvalue weighted by atomic mass is 10.2. The lowest BCUT2D eigenvalue weighted by Crippen LogP contribution is -1.95. The molecule has 0 aliphatic heterocycles. The van der Waals surface area contributed by atoms with E-state index in [1.165, 1.54) is 27.4 Å². The Morgan fingerprint density at radius 2 is 1.59 bits per heavy atom. The molecule has 0 bridgehead atoms. The molecular weight excluding hydrogens is 244 g/mol. The van der Waals surface area contributed by atoms with Crippen molar-refractivity contribution in [3.05, 3.63) is 17.7 Å². The Morgan fingerprint density at radius 1 is 1.06 bits per heavy atom. The van der Waals surface area contributed by atoms with Crippen LogP contribution in [0.3, 0.4) is 0 Å². The SMILES string of the molecule is COc1cc(C=C=S(=O)=O)cc(OC)c1OC. The maximum absolute atomic E-state index is 10.4. The van der Waals surface area contributed by atoms with E-state index in [1.54, 1.807) is 12.1 Å². The van der Waals surface area contributed by atoms with E-state index in [0.717, 1.165) is 0 Å². The minimum atomic E-state index is -2.36. The van der Waals surface area contributed by atoms with Gasteiger partial charge < -0.3 is 14.2 Å². The molecule has 0 aliphatic carbocycles. The van der Waals surface area contributed by atoms with Gasteiger partial charge in [-0.1, -0.05) is 0 Å². The van der Waals surface area contributed by atoms with Crippen LogP contribution in [0.2, 0.25) is 0 Å². The average molecular weight is 256 g/mol. The van der Waals surface area contributed by atoms with Crippen LogP contribution in [-0.4, -0.2) is 34.8 Å². The van der Waals surface area contributed by atoms with Gasteiger partial charge in [-0.05, 0) is 17.7 Å². The average Bonchev–Trinajstić information content (AvgIpc) is 2.34. The van der Waals surface area contributed by atoms with Gasteiger partial charge in [0.2, 0.25) is 5.75 Å². The van der Waals surface area contributed by atoms with Crippen LogP contribution < -0.4 is 14.2 Å². The predicted octanol–water partition coefficient (Wildman–Crippen LogP) is 1.01. The molecule has 0 spiro atoms. The first-order valence-electron chi connectivity index (χ1n) is 4.61. The van der Waals surface area contributed by atoms with E-state index in [0.29, 0.717) is 22.8 Å². The van der Waals surface area contributed by atoms with E-state index in [1.807, 2.05) is 0 Å². The first kappa shape index (κ1) is 13.2. The molecular formula is C11H12O5S. The van der Waals surface area contributed by atoms with Crippen molar-refractivity contribution >= 4 is 21.4 Å². The largest absolute Gasteiger partial charge is 0.493 e. The van der Waals surface area contributed by atoms with Crippen molar-refractivity contribution in [2.24, 2.45) is 0 Å². The number of rotatable bonds is 4. The molecule has 0 atom stereocenters. The highest BCUT2D eigenvalue weighted by Crippen LogP contribution is 2.38. The highest BCUT2D eigenvalue weighted by atomic mass is 32.2. The summed E-state index contributed by atoms with van der Waals surface area (Å²) in [6.07, 6.45) is 1.31. The highest BCUT2D eigenvalue weighted by molar-refractivity contribution is 7.71. The minimum absolute atomic E-state index is 0.454. The Bertz CT molecular complexity index is 535. The predicted molar refractivity (Wildman–Crippen MR) is 64.5 cm³/mol. The van der Waals surface area contributed by atoms with Gasteiger partial charge in [0.15, 0.2) is 11.5 Å². The maximum Gasteiger partial charge on any atom is 0.260 e. The van der Waals surface area contributed by atoms with Gasteiger partial charge in [-0.25, -0.2) is 0 Å². The summed E-state index contributed by atoms with van der Waals surface area (Å²) in [5, 5.41) is 2.14. The lowest BCUT2D eigenvalue weighted by molar-refractivity contribution is 0.324. The van der Waals surface area contributed by atoms with Crippen molar-refractivity contribution in [3.63, 3.8) is 0 Å². The van der Waals surface area contributed by atoms with Crippen LogP contribution in [0, 0.1) is 0 Å². The molecule has 5 nitrogen and oxygen atoms in total. The van der Waals surface area contributed by atoms with Crippen molar-refractivity contribution in [2.45, 2.75) is 0 Å². The van der Waals surface area contributed by atoms with Gasteiger partial charge in [0.25, 0.3) is 10.3 Å². The zero-order valence-electron chi connectivity index (χ0n) is 9.68. The molecule has 0 heterocycles. The molecule has 0 saturated heterocycles. The third-order valence-electron chi connectivity index (χ3n) is 2.01. The first-order valence-corrected chi connectivity index (χ1v) is 5.68. The summed E-state index contributed by atoms with van der Waals surface area (Å²) in [5.74, 6) is 1.36. The second-order valence-electron chi connectivity index (χ2n) is 2.96. The molecule has 1 aromatic rings. The third-order valence-corrected chi connectivity index (χ3v) is 2.32. The van der Waals surface area contributed by atoms with Gasteiger partial charge in [-0.15, -0.1) is 0 Å². The number of hydrogen-bond acceptors (Lipinski definition) is 5. The zero-order valence-corrected chi connectivity index (χ0v) is 10.5. The summed E-state index contributed by atoms with van der Waals surface area (Å²) in [7, 11) is 2.11. The van der Waals surface area contributed by atoms with E-state index >= 15 is 0 Å². The van der Waals surface area contributed by atoms with Crippen LogP contribution >= 0.6 is 0 Å². The fourth-order valence-corrected chi connectivity index (χ4v) is 1.53. The maximum atomic E-state index is 10.4. The molecule has 0 radical (unpaired) electrons. The number of hydrogen-bond donors (Lipinski definition) is 0. The van der Waals surface area contributed by atoms with Gasteiger partial charge in [0, 0.05) is 11.1 Å². The topological polar surface area (TPSA) is 61.8 Å². The number of ether oxygens (including phenoxy) is 3. The standard InChI is InChI=1S/C11H12O5S/c1-14-9-6-8(4-5-17(12)13)7-10(15-2)11(9)16-3/h4,6-7H,1-3H3. The van der Waals surface area contributed by atoms with E-state index in [-0.39, 0.29) is 0 Å². The summed E-state index contributed by atoms with van der Waals surface area (Å²) in [6, 6.07) is 3.25. The summed E-state index contributed by atoms with van der Waals surface area (Å²) >= 11 is 0. The van der Waals surface area contributed by atoms with Gasteiger partial charge in [0.05, 0.1) is 21.3 Å². The van der Waals surface area contributed by atoms with Crippen LogP contribution in [-0.2, 0) is 10.3 Å². The molecule has 1 rings (SSSR count). The first-order chi connectivity index (χ1) is 8.12. The summed E-state index contributed by atoms with van der Waals surface area (Å²) in [5.41, 5.74) is 0.587. The monoisotopic (exact) mass is 256 g/mol. The molecule has 0 aliphatic rings. The van der Waals surface area contributed by atoms with Crippen LogP contribution in [0.15, 0.2) is 12.1 Å². The number of methoxy groups -OCH3 is 3. The Labute approximate surface area is 101 Å². The van der Waals surface area contributed by atoms with E-state index in [9.17, 15) is 8.42 Å². The Kier molecular flexibility index (Phi) is 4.63. The van der Waals surface area contributed by atoms with E-state index in [2.05, 4.69) is 5.02 Å². The van der Waals surface area contributed by atoms with Gasteiger partial charge in [-0.2, -0.15) is 8.42 Å². The van der Waals surface area contributed by atoms with Crippen LogP contribution in [0.25, 0.3) is 6.08 Å². The van der Waals surface area contributed by atoms with Crippen molar-refractivity contribution in [3.8, 4) is 17.2 Å². The van der Waals surface area contributed by atoms with E-state index in [4.69, 9.17) is 14.2 Å². The van der Waals surface area contributed by atoms with Gasteiger partial charge >= 0.3 is 0 Å². The minimum Gasteiger partial charge on any atom is -0.493 e. The molecule has 0 N–H and O–H groups in total. The lowest BCUT2D eigenvalue weighted by Gasteiger charge is -2.12. The fourth-order valence-electron chi connectivity index (χ4n) is 1.30. The Hall–Kier alpha value is -1.91. The van der Waals surface area contributed by atoms with Crippen molar-refractivity contribution in [1.29, 1.82) is 0 Å². The summed E-state index contributed by atoms with van der Waals surface area (Å²) in [6.45, 7) is 0. The van der Waals surface area contributed by atoms with Crippen LogP contribution in [0.4, 0.5) is 0 Å². The molecule has 0 amide bonds. The molecule has 0 fully saturated rings. The highest BCUT2D eigenvalue weighted by Gasteiger charge is 2.11. The molecule has 1 aromatic carbocycles. The Balaban J connectivity index is 3.42. The molecule has 92 valence electrons. The smallest absolute Gasteiger partial charge is 0.260 e.